The highest BCUT2D eigenvalue weighted by Crippen LogP contribution is 2.27. The maximum absolute atomic E-state index is 9.46. The second-order valence-corrected chi connectivity index (χ2v) is 6.70. The predicted octanol–water partition coefficient (Wildman–Crippen LogP) is 1.31. The van der Waals surface area contributed by atoms with Crippen LogP contribution >= 0.6 is 0 Å². The number of hydrogen-bond donors (Lipinski definition) is 2. The third-order valence-corrected chi connectivity index (χ3v) is 4.01. The minimum absolute atomic E-state index is 0.0441. The van der Waals surface area contributed by atoms with Gasteiger partial charge in [-0.1, -0.05) is 6.07 Å². The van der Waals surface area contributed by atoms with Crippen molar-refractivity contribution in [2.45, 2.75) is 51.0 Å². The number of aliphatic hydroxyl groups excluding tert-OH is 1. The highest BCUT2D eigenvalue weighted by Gasteiger charge is 2.34. The topological polar surface area (TPSA) is 57.6 Å². The Kier molecular flexibility index (Phi) is 4.15. The molecule has 1 saturated carbocycles. The van der Waals surface area contributed by atoms with E-state index in [-0.39, 0.29) is 18.3 Å². The van der Waals surface area contributed by atoms with E-state index in [0.717, 1.165) is 18.9 Å². The molecule has 21 heavy (non-hydrogen) atoms. The van der Waals surface area contributed by atoms with Crippen LogP contribution in [0.3, 0.4) is 0 Å². The van der Waals surface area contributed by atoms with Gasteiger partial charge in [0.25, 0.3) is 0 Å². The van der Waals surface area contributed by atoms with E-state index >= 15 is 0 Å². The number of anilines is 1. The average Bonchev–Trinajstić information content (AvgIpc) is 3.28. The van der Waals surface area contributed by atoms with E-state index in [1.807, 2.05) is 12.3 Å². The maximum Gasteiger partial charge on any atom is 0.133 e. The number of morpholine rings is 1. The minimum atomic E-state index is -0.273. The first-order chi connectivity index (χ1) is 10.1. The summed E-state index contributed by atoms with van der Waals surface area (Å²) in [5.41, 5.74) is 0.948. The Hall–Kier alpha value is -1.17. The van der Waals surface area contributed by atoms with E-state index in [4.69, 9.17) is 4.74 Å². The zero-order valence-electron chi connectivity index (χ0n) is 12.9. The molecule has 1 aromatic rings. The molecule has 3 rings (SSSR count). The summed E-state index contributed by atoms with van der Waals surface area (Å²) in [6.45, 7) is 6.50. The second-order valence-electron chi connectivity index (χ2n) is 6.70. The average molecular weight is 291 g/mol. The number of nitrogens with zero attached hydrogens (tertiary/aromatic N) is 2. The molecule has 1 aliphatic carbocycles. The van der Waals surface area contributed by atoms with Crippen LogP contribution in [0.15, 0.2) is 18.3 Å². The van der Waals surface area contributed by atoms with Crippen molar-refractivity contribution in [3.8, 4) is 0 Å². The minimum Gasteiger partial charge on any atom is -0.394 e. The van der Waals surface area contributed by atoms with E-state index in [1.54, 1.807) is 0 Å². The normalized spacial score (nSPS) is 25.1. The molecule has 2 heterocycles. The Balaban J connectivity index is 1.77. The molecule has 1 unspecified atom stereocenters. The molecule has 0 amide bonds. The van der Waals surface area contributed by atoms with Crippen molar-refractivity contribution in [1.82, 2.24) is 10.3 Å². The Morgan fingerprint density at radius 2 is 2.29 bits per heavy atom. The Morgan fingerprint density at radius 1 is 1.48 bits per heavy atom. The lowest BCUT2D eigenvalue weighted by Crippen LogP contribution is -2.54. The largest absolute Gasteiger partial charge is 0.394 e. The number of pyridine rings is 1. The van der Waals surface area contributed by atoms with Gasteiger partial charge in [-0.25, -0.2) is 4.98 Å². The molecule has 1 aliphatic heterocycles. The summed E-state index contributed by atoms with van der Waals surface area (Å²) in [5.74, 6) is 1.01. The summed E-state index contributed by atoms with van der Waals surface area (Å²) in [6.07, 6.45) is 4.26. The van der Waals surface area contributed by atoms with Crippen LogP contribution in [0.4, 0.5) is 5.82 Å². The molecule has 2 fully saturated rings. The SMILES string of the molecule is CC1(C)CN(c2ncccc2CNC2CC2)CC(CO)O1. The molecule has 5 nitrogen and oxygen atoms in total. The zero-order valence-corrected chi connectivity index (χ0v) is 12.9. The van der Waals surface area contributed by atoms with Crippen LogP contribution in [0.25, 0.3) is 0 Å². The number of aliphatic hydroxyl groups is 1. The standard InChI is InChI=1S/C16H25N3O2/c1-16(2)11-19(9-14(10-20)21-16)15-12(4-3-7-17-15)8-18-13-5-6-13/h3-4,7,13-14,18,20H,5-6,8-11H2,1-2H3. The van der Waals surface area contributed by atoms with Crippen LogP contribution in [0, 0.1) is 0 Å². The molecule has 2 aliphatic rings. The molecular formula is C16H25N3O2. The van der Waals surface area contributed by atoms with E-state index in [0.29, 0.717) is 12.6 Å². The zero-order chi connectivity index (χ0) is 14.9. The van der Waals surface area contributed by atoms with Crippen LogP contribution < -0.4 is 10.2 Å². The predicted molar refractivity (Wildman–Crippen MR) is 82.3 cm³/mol. The summed E-state index contributed by atoms with van der Waals surface area (Å²) in [6, 6.07) is 4.81. The van der Waals surface area contributed by atoms with Gasteiger partial charge >= 0.3 is 0 Å². The van der Waals surface area contributed by atoms with Gasteiger partial charge < -0.3 is 20.1 Å². The monoisotopic (exact) mass is 291 g/mol. The van der Waals surface area contributed by atoms with Gasteiger partial charge in [0.15, 0.2) is 0 Å². The van der Waals surface area contributed by atoms with Crippen molar-refractivity contribution in [2.75, 3.05) is 24.6 Å². The highest BCUT2D eigenvalue weighted by atomic mass is 16.5. The summed E-state index contributed by atoms with van der Waals surface area (Å²) < 4.78 is 5.89. The summed E-state index contributed by atoms with van der Waals surface area (Å²) in [7, 11) is 0. The quantitative estimate of drug-likeness (QED) is 0.856. The van der Waals surface area contributed by atoms with Gasteiger partial charge in [0.2, 0.25) is 0 Å². The fourth-order valence-corrected chi connectivity index (χ4v) is 2.95. The third kappa shape index (κ3) is 3.73. The van der Waals surface area contributed by atoms with Crippen LogP contribution in [-0.4, -0.2) is 47.5 Å². The van der Waals surface area contributed by atoms with Crippen LogP contribution in [-0.2, 0) is 11.3 Å². The fourth-order valence-electron chi connectivity index (χ4n) is 2.95. The Morgan fingerprint density at radius 3 is 3.00 bits per heavy atom. The Labute approximate surface area is 126 Å². The van der Waals surface area contributed by atoms with Crippen LogP contribution in [0.2, 0.25) is 0 Å². The molecule has 2 N–H and O–H groups in total. The van der Waals surface area contributed by atoms with Gasteiger partial charge in [0.05, 0.1) is 18.3 Å². The number of aromatic nitrogens is 1. The Bertz CT molecular complexity index is 488. The van der Waals surface area contributed by atoms with Gasteiger partial charge in [-0.15, -0.1) is 0 Å². The highest BCUT2D eigenvalue weighted by molar-refractivity contribution is 5.47. The van der Waals surface area contributed by atoms with Crippen LogP contribution in [0.1, 0.15) is 32.3 Å². The maximum atomic E-state index is 9.46. The van der Waals surface area contributed by atoms with Gasteiger partial charge in [-0.05, 0) is 32.8 Å². The lowest BCUT2D eigenvalue weighted by Gasteiger charge is -2.43. The number of ether oxygens (including phenoxy) is 1. The molecule has 116 valence electrons. The molecule has 1 atom stereocenters. The fraction of sp³-hybridized carbons (Fsp3) is 0.688. The van der Waals surface area contributed by atoms with Gasteiger partial charge in [0.1, 0.15) is 5.82 Å². The first kappa shape index (κ1) is 14.8. The van der Waals surface area contributed by atoms with Crippen molar-refractivity contribution < 1.29 is 9.84 Å². The second kappa shape index (κ2) is 5.91. The number of hydrogen-bond acceptors (Lipinski definition) is 5. The first-order valence-electron chi connectivity index (χ1n) is 7.78. The molecule has 0 aromatic carbocycles. The molecular weight excluding hydrogens is 266 g/mol. The molecule has 1 saturated heterocycles. The third-order valence-electron chi connectivity index (χ3n) is 4.01. The van der Waals surface area contributed by atoms with E-state index in [2.05, 4.69) is 35.1 Å². The lowest BCUT2D eigenvalue weighted by atomic mass is 10.0. The van der Waals surface area contributed by atoms with Crippen molar-refractivity contribution in [3.63, 3.8) is 0 Å². The smallest absolute Gasteiger partial charge is 0.133 e. The molecule has 5 heteroatoms. The summed E-state index contributed by atoms with van der Waals surface area (Å²) >= 11 is 0. The molecule has 0 spiro atoms. The van der Waals surface area contributed by atoms with Gasteiger partial charge in [-0.2, -0.15) is 0 Å². The van der Waals surface area contributed by atoms with E-state index in [1.165, 1.54) is 18.4 Å². The van der Waals surface area contributed by atoms with Crippen molar-refractivity contribution in [2.24, 2.45) is 0 Å². The first-order valence-corrected chi connectivity index (χ1v) is 7.78. The summed E-state index contributed by atoms with van der Waals surface area (Å²) in [5, 5.41) is 13.0. The van der Waals surface area contributed by atoms with Crippen molar-refractivity contribution >= 4 is 5.82 Å². The molecule has 0 radical (unpaired) electrons. The van der Waals surface area contributed by atoms with Gasteiger partial charge in [0, 0.05) is 37.4 Å². The summed E-state index contributed by atoms with van der Waals surface area (Å²) in [4.78, 5) is 6.83. The van der Waals surface area contributed by atoms with E-state index < -0.39 is 0 Å². The lowest BCUT2D eigenvalue weighted by molar-refractivity contribution is -0.101. The van der Waals surface area contributed by atoms with Crippen molar-refractivity contribution in [1.29, 1.82) is 0 Å². The van der Waals surface area contributed by atoms with Gasteiger partial charge in [-0.3, -0.25) is 0 Å². The van der Waals surface area contributed by atoms with E-state index in [9.17, 15) is 5.11 Å². The molecule has 0 bridgehead atoms. The van der Waals surface area contributed by atoms with Crippen molar-refractivity contribution in [3.05, 3.63) is 23.9 Å². The number of nitrogens with one attached hydrogen (secondary N) is 1. The number of rotatable bonds is 5. The van der Waals surface area contributed by atoms with Crippen LogP contribution in [0.5, 0.6) is 0 Å². The molecule has 1 aromatic heterocycles.